The Morgan fingerprint density at radius 2 is 1.89 bits per heavy atom. The third kappa shape index (κ3) is 7.70. The van der Waals surface area contributed by atoms with E-state index in [1.807, 2.05) is 24.3 Å². The zero-order valence-corrected chi connectivity index (χ0v) is 20.4. The Labute approximate surface area is 213 Å². The molecule has 0 unspecified atom stereocenters. The van der Waals surface area contributed by atoms with Crippen LogP contribution in [-0.2, 0) is 11.2 Å². The number of amides is 2. The van der Waals surface area contributed by atoms with E-state index in [9.17, 15) is 9.59 Å². The van der Waals surface area contributed by atoms with Crippen molar-refractivity contribution in [2.75, 3.05) is 37.7 Å². The molecule has 13 nitrogen and oxygen atoms in total. The first-order valence-electron chi connectivity index (χ1n) is 11.3. The van der Waals surface area contributed by atoms with Crippen molar-refractivity contribution < 1.29 is 18.9 Å². The molecule has 0 atom stereocenters. The van der Waals surface area contributed by atoms with E-state index in [1.165, 1.54) is 5.56 Å². The van der Waals surface area contributed by atoms with E-state index in [1.54, 1.807) is 4.58 Å². The predicted molar refractivity (Wildman–Crippen MR) is 137 cm³/mol. The fraction of sp³-hybridized carbons (Fsp3) is 0.364. The van der Waals surface area contributed by atoms with Gasteiger partial charge in [-0.1, -0.05) is 23.7 Å². The molecule has 2 aromatic rings. The van der Waals surface area contributed by atoms with Gasteiger partial charge in [0.25, 0.3) is 5.91 Å². The Hall–Kier alpha value is -4.13. The first kappa shape index (κ1) is 26.5. The number of halogens is 1. The Bertz CT molecular complexity index is 1170. The largest absolute Gasteiger partial charge is 0.493 e. The van der Waals surface area contributed by atoms with Crippen LogP contribution in [0.25, 0.3) is 0 Å². The van der Waals surface area contributed by atoms with E-state index in [0.717, 1.165) is 31.4 Å². The summed E-state index contributed by atoms with van der Waals surface area (Å²) in [4.78, 5) is 35.2. The lowest BCUT2D eigenvalue weighted by Crippen LogP contribution is -2.38. The van der Waals surface area contributed by atoms with Gasteiger partial charge >= 0.3 is 11.9 Å². The zero-order valence-electron chi connectivity index (χ0n) is 19.7. The number of rotatable bonds is 11. The van der Waals surface area contributed by atoms with Gasteiger partial charge in [-0.25, -0.2) is 15.3 Å². The first-order valence-corrected chi connectivity index (χ1v) is 11.7. The number of ether oxygens (including phenoxy) is 1. The van der Waals surface area contributed by atoms with Crippen LogP contribution in [0.5, 0.6) is 5.75 Å². The summed E-state index contributed by atoms with van der Waals surface area (Å²) in [7, 11) is 0. The van der Waals surface area contributed by atoms with Gasteiger partial charge in [-0.15, -0.1) is 0 Å². The van der Waals surface area contributed by atoms with Crippen LogP contribution in [0.4, 0.5) is 11.6 Å². The highest BCUT2D eigenvalue weighted by molar-refractivity contribution is 6.31. The van der Waals surface area contributed by atoms with E-state index >= 15 is 0 Å². The smallest absolute Gasteiger partial charge is 0.351 e. The van der Waals surface area contributed by atoms with Crippen molar-refractivity contribution in [3.05, 3.63) is 40.7 Å². The molecule has 0 bridgehead atoms. The maximum Gasteiger partial charge on any atom is 0.351 e. The predicted octanol–water partition coefficient (Wildman–Crippen LogP) is -0.412. The third-order valence-corrected chi connectivity index (χ3v) is 5.50. The van der Waals surface area contributed by atoms with Gasteiger partial charge in [0, 0.05) is 13.0 Å². The van der Waals surface area contributed by atoms with Crippen molar-refractivity contribution in [1.82, 2.24) is 20.6 Å². The number of hydrogen-bond donors (Lipinski definition) is 6. The molecule has 3 rings (SSSR count). The van der Waals surface area contributed by atoms with Crippen LogP contribution in [0.3, 0.4) is 0 Å². The monoisotopic (exact) mass is 517 g/mol. The molecule has 14 heteroatoms. The molecule has 1 aliphatic rings. The first-order chi connectivity index (χ1) is 17.2. The minimum atomic E-state index is -0.670. The molecule has 0 saturated carbocycles. The molecule has 0 aliphatic carbocycles. The number of aromatic nitrogens is 2. The van der Waals surface area contributed by atoms with E-state index in [4.69, 9.17) is 39.3 Å². The summed E-state index contributed by atoms with van der Waals surface area (Å²) in [6.45, 7) is 1.91. The van der Waals surface area contributed by atoms with Gasteiger partial charge < -0.3 is 21.9 Å². The maximum atomic E-state index is 12.2. The lowest BCUT2D eigenvalue weighted by molar-refractivity contribution is -0.513. The summed E-state index contributed by atoms with van der Waals surface area (Å²) in [5.41, 5.74) is 23.6. The third-order valence-electron chi connectivity index (χ3n) is 5.22. The molecule has 2 amide bonds. The van der Waals surface area contributed by atoms with Gasteiger partial charge in [-0.3, -0.25) is 30.2 Å². The topological polar surface area (TPSA) is 213 Å². The molecule has 2 heterocycles. The average molecular weight is 518 g/mol. The van der Waals surface area contributed by atoms with Crippen LogP contribution < -0.4 is 38.3 Å². The van der Waals surface area contributed by atoms with E-state index in [-0.39, 0.29) is 40.9 Å². The number of aliphatic imine (C=N–C) groups is 1. The van der Waals surface area contributed by atoms with Crippen molar-refractivity contribution in [3.63, 3.8) is 0 Å². The van der Waals surface area contributed by atoms with Gasteiger partial charge in [-0.05, 0) is 37.0 Å². The number of carbonyl (C=O) groups is 2. The molecular weight excluding hydrogens is 488 g/mol. The quantitative estimate of drug-likeness (QED) is 0.0986. The molecule has 10 N–H and O–H groups in total. The molecular formula is C22H30ClN10O3+. The van der Waals surface area contributed by atoms with Gasteiger partial charge in [-0.2, -0.15) is 0 Å². The number of nitrogens with two attached hydrogens (primary N) is 4. The van der Waals surface area contributed by atoms with Gasteiger partial charge in [0.2, 0.25) is 0 Å². The van der Waals surface area contributed by atoms with Crippen molar-refractivity contribution in [1.29, 1.82) is 0 Å². The van der Waals surface area contributed by atoms with Gasteiger partial charge in [0.1, 0.15) is 5.75 Å². The number of guanidine groups is 2. The highest BCUT2D eigenvalue weighted by Crippen LogP contribution is 2.17. The highest BCUT2D eigenvalue weighted by Gasteiger charge is 2.23. The van der Waals surface area contributed by atoms with Crippen molar-refractivity contribution in [3.8, 4) is 5.75 Å². The summed E-state index contributed by atoms with van der Waals surface area (Å²) in [5.74, 6) is 0.148. The van der Waals surface area contributed by atoms with Crippen LogP contribution in [0.2, 0.25) is 5.15 Å². The Morgan fingerprint density at radius 3 is 2.58 bits per heavy atom. The Balaban J connectivity index is 1.32. The summed E-state index contributed by atoms with van der Waals surface area (Å²) in [6, 6.07) is 7.90. The number of carbonyl (C=O) groups excluding carboxylic acids is 2. The molecule has 36 heavy (non-hydrogen) atoms. The molecule has 0 fully saturated rings. The van der Waals surface area contributed by atoms with E-state index in [0.29, 0.717) is 25.7 Å². The van der Waals surface area contributed by atoms with Crippen LogP contribution in [0.1, 0.15) is 35.3 Å². The Kier molecular flexibility index (Phi) is 9.22. The fourth-order valence-electron chi connectivity index (χ4n) is 3.38. The van der Waals surface area contributed by atoms with Gasteiger partial charge in [0.15, 0.2) is 35.0 Å². The minimum Gasteiger partial charge on any atom is -0.493 e. The number of hydrogen-bond acceptors (Lipinski definition) is 9. The number of nitrogen functional groups attached to an aromatic ring is 2. The number of benzene rings is 1. The van der Waals surface area contributed by atoms with Crippen LogP contribution in [-0.4, -0.2) is 64.5 Å². The molecule has 0 saturated heterocycles. The Morgan fingerprint density at radius 1 is 1.14 bits per heavy atom. The highest BCUT2D eigenvalue weighted by atomic mass is 35.5. The molecule has 0 radical (unpaired) electrons. The molecule has 0 spiro atoms. The number of aryl methyl sites for hydroxylation is 1. The molecule has 192 valence electrons. The van der Waals surface area contributed by atoms with Crippen molar-refractivity contribution in [2.45, 2.75) is 25.7 Å². The molecule has 1 aliphatic heterocycles. The number of nitrogens with one attached hydrogen (secondary N) is 2. The minimum absolute atomic E-state index is 0.0520. The maximum absolute atomic E-state index is 12.2. The standard InChI is InChI=1S/C22H29ClN10O3/c23-17-19(25)31-18(24)16(30-17)20(35)32-21(26)28-9-2-1-4-13-5-7-14(8-6-13)36-11-3-10-33-12-15(34)29-22(33)27/h5-8H,1-4,9-12H2,(H9,24,25,26,27,28,29,31,32,34,35)/p+1. The molecule has 1 aromatic heterocycles. The van der Waals surface area contributed by atoms with Crippen molar-refractivity contribution in [2.24, 2.45) is 16.5 Å². The lowest BCUT2D eigenvalue weighted by atomic mass is 10.1. The van der Waals surface area contributed by atoms with Crippen LogP contribution in [0.15, 0.2) is 29.3 Å². The average Bonchev–Trinajstić information content (AvgIpc) is 3.16. The fourth-order valence-corrected chi connectivity index (χ4v) is 3.51. The number of nitrogens with zero attached hydrogens (tertiary/aromatic N) is 4. The normalized spacial score (nSPS) is 13.6. The van der Waals surface area contributed by atoms with Crippen LogP contribution >= 0.6 is 11.6 Å². The second-order valence-corrected chi connectivity index (χ2v) is 8.37. The number of unbranched alkanes of at least 4 members (excludes halogenated alkanes) is 1. The number of anilines is 2. The second kappa shape index (κ2) is 12.5. The summed E-state index contributed by atoms with van der Waals surface area (Å²) in [6.07, 6.45) is 3.27. The zero-order chi connectivity index (χ0) is 26.1. The lowest BCUT2D eigenvalue weighted by Gasteiger charge is -2.08. The van der Waals surface area contributed by atoms with E-state index < -0.39 is 5.91 Å². The van der Waals surface area contributed by atoms with Crippen molar-refractivity contribution >= 4 is 47.0 Å². The van der Waals surface area contributed by atoms with E-state index in [2.05, 4.69) is 25.6 Å². The molecule has 1 aromatic carbocycles. The second-order valence-electron chi connectivity index (χ2n) is 8.01. The van der Waals surface area contributed by atoms with Crippen LogP contribution in [0, 0.1) is 0 Å². The summed E-state index contributed by atoms with van der Waals surface area (Å²) in [5, 5.41) is 4.86. The summed E-state index contributed by atoms with van der Waals surface area (Å²) < 4.78 is 7.55. The van der Waals surface area contributed by atoms with Gasteiger partial charge in [0.05, 0.1) is 13.2 Å². The summed E-state index contributed by atoms with van der Waals surface area (Å²) >= 11 is 5.78. The SMILES string of the molecule is NC(=NCCCCc1ccc(OCCC[N+]2=C(N)NC(=O)C2)cc1)NC(=O)c1nc(Cl)c(N)nc1N.